The highest BCUT2D eigenvalue weighted by atomic mass is 32.1. The van der Waals surface area contributed by atoms with E-state index < -0.39 is 17.1 Å². The Morgan fingerprint density at radius 2 is 2.44 bits per heavy atom. The third-order valence-electron chi connectivity index (χ3n) is 2.39. The Morgan fingerprint density at radius 3 is 3.06 bits per heavy atom. The first kappa shape index (κ1) is 12.7. The van der Waals surface area contributed by atoms with Crippen molar-refractivity contribution >= 4 is 27.9 Å². The number of nitrogens with zero attached hydrogens (tertiary/aromatic N) is 3. The summed E-state index contributed by atoms with van der Waals surface area (Å²) in [6.45, 7) is 0.940. The summed E-state index contributed by atoms with van der Waals surface area (Å²) in [7, 11) is 0. The summed E-state index contributed by atoms with van der Waals surface area (Å²) in [5.41, 5.74) is -1.36. The average Bonchev–Trinajstić information content (AvgIpc) is 2.85. The zero-order valence-electron chi connectivity index (χ0n) is 9.53. The first-order valence-electron chi connectivity index (χ1n) is 5.12. The van der Waals surface area contributed by atoms with Crippen molar-refractivity contribution in [2.75, 3.05) is 18.5 Å². The summed E-state index contributed by atoms with van der Waals surface area (Å²) in [5, 5.41) is 33.9. The van der Waals surface area contributed by atoms with Crippen LogP contribution in [0, 0.1) is 10.1 Å². The summed E-state index contributed by atoms with van der Waals surface area (Å²) in [4.78, 5) is 15.0. The first-order valence-corrected chi connectivity index (χ1v) is 5.99. The van der Waals surface area contributed by atoms with Gasteiger partial charge in [-0.25, -0.2) is 0 Å². The second-order valence-electron chi connectivity index (χ2n) is 4.11. The van der Waals surface area contributed by atoms with Crippen LogP contribution in [0.15, 0.2) is 11.6 Å². The molecule has 2 aromatic heterocycles. The molecule has 1 atom stereocenters. The number of hydrogen-bond donors (Lipinski definition) is 3. The lowest BCUT2D eigenvalue weighted by molar-refractivity contribution is -0.389. The van der Waals surface area contributed by atoms with Crippen molar-refractivity contribution in [1.82, 2.24) is 9.38 Å². The van der Waals surface area contributed by atoms with Gasteiger partial charge >= 0.3 is 5.82 Å². The van der Waals surface area contributed by atoms with Crippen LogP contribution in [0.25, 0.3) is 4.96 Å². The van der Waals surface area contributed by atoms with Gasteiger partial charge in [0, 0.05) is 11.9 Å². The van der Waals surface area contributed by atoms with Gasteiger partial charge in [-0.2, -0.15) is 9.38 Å². The molecule has 1 unspecified atom stereocenters. The molecule has 0 aliphatic heterocycles. The Bertz CT molecular complexity index is 576. The van der Waals surface area contributed by atoms with Gasteiger partial charge in [-0.1, -0.05) is 11.3 Å². The predicted octanol–water partition coefficient (Wildman–Crippen LogP) is 0.459. The number of anilines is 1. The van der Waals surface area contributed by atoms with E-state index in [4.69, 9.17) is 5.11 Å². The van der Waals surface area contributed by atoms with Crippen LogP contribution < -0.4 is 5.32 Å². The van der Waals surface area contributed by atoms with Gasteiger partial charge in [0.25, 0.3) is 4.96 Å². The Labute approximate surface area is 106 Å². The third kappa shape index (κ3) is 2.28. The van der Waals surface area contributed by atoms with Gasteiger partial charge in [0.1, 0.15) is 11.8 Å². The standard InChI is InChI=1S/C9H12N4O4S/c1-9(15,5-14)4-10-6-7(13(16)17)12-2-3-18-8(12)11-6/h2-3,10,14-15H,4-5H2,1H3. The molecule has 0 spiro atoms. The second kappa shape index (κ2) is 4.52. The predicted molar refractivity (Wildman–Crippen MR) is 65.9 cm³/mol. The second-order valence-corrected chi connectivity index (χ2v) is 4.98. The molecule has 2 aromatic rings. The number of hydrogen-bond acceptors (Lipinski definition) is 7. The molecular weight excluding hydrogens is 260 g/mol. The van der Waals surface area contributed by atoms with E-state index in [1.54, 1.807) is 11.6 Å². The molecule has 0 bridgehead atoms. The van der Waals surface area contributed by atoms with Gasteiger partial charge < -0.3 is 25.6 Å². The number of aromatic nitrogens is 2. The van der Waals surface area contributed by atoms with Crippen molar-refractivity contribution in [3.63, 3.8) is 0 Å². The Hall–Kier alpha value is -1.71. The number of nitrogens with one attached hydrogen (secondary N) is 1. The fourth-order valence-corrected chi connectivity index (χ4v) is 2.11. The van der Waals surface area contributed by atoms with Gasteiger partial charge in [0.15, 0.2) is 0 Å². The van der Waals surface area contributed by atoms with Crippen LogP contribution >= 0.6 is 11.3 Å². The fourth-order valence-electron chi connectivity index (χ4n) is 1.40. The molecule has 0 radical (unpaired) electrons. The van der Waals surface area contributed by atoms with E-state index in [0.717, 1.165) is 0 Å². The molecule has 0 amide bonds. The van der Waals surface area contributed by atoms with Crippen LogP contribution in [0.5, 0.6) is 0 Å². The molecule has 0 aliphatic rings. The lowest BCUT2D eigenvalue weighted by Crippen LogP contribution is -2.37. The lowest BCUT2D eigenvalue weighted by atomic mass is 10.1. The van der Waals surface area contributed by atoms with Crippen LogP contribution in [0.4, 0.5) is 11.6 Å². The van der Waals surface area contributed by atoms with Crippen LogP contribution in [0.1, 0.15) is 6.92 Å². The van der Waals surface area contributed by atoms with E-state index in [9.17, 15) is 15.2 Å². The number of rotatable bonds is 5. The molecule has 8 nitrogen and oxygen atoms in total. The SMILES string of the molecule is CC(O)(CO)CNc1nc2sccn2c1[N+](=O)[O-]. The maximum atomic E-state index is 11.0. The van der Waals surface area contributed by atoms with Crippen molar-refractivity contribution in [2.45, 2.75) is 12.5 Å². The zero-order valence-corrected chi connectivity index (χ0v) is 10.3. The van der Waals surface area contributed by atoms with Crippen molar-refractivity contribution in [3.8, 4) is 0 Å². The van der Waals surface area contributed by atoms with Crippen LogP contribution in [0.3, 0.4) is 0 Å². The van der Waals surface area contributed by atoms with E-state index in [1.807, 2.05) is 0 Å². The number of nitro groups is 1. The van der Waals surface area contributed by atoms with Gasteiger partial charge in [-0.3, -0.25) is 0 Å². The molecule has 0 saturated carbocycles. The van der Waals surface area contributed by atoms with Gasteiger partial charge in [-0.15, -0.1) is 0 Å². The van der Waals surface area contributed by atoms with Crippen LogP contribution in [0.2, 0.25) is 0 Å². The fraction of sp³-hybridized carbons (Fsp3) is 0.444. The monoisotopic (exact) mass is 272 g/mol. The molecule has 0 fully saturated rings. The summed E-state index contributed by atoms with van der Waals surface area (Å²) < 4.78 is 1.36. The molecule has 3 N–H and O–H groups in total. The normalized spacial score (nSPS) is 14.6. The van der Waals surface area contributed by atoms with Crippen LogP contribution in [-0.4, -0.2) is 43.3 Å². The number of aliphatic hydroxyl groups is 2. The summed E-state index contributed by atoms with van der Waals surface area (Å²) in [6, 6.07) is 0. The van der Waals surface area contributed by atoms with E-state index >= 15 is 0 Å². The van der Waals surface area contributed by atoms with Crippen LogP contribution in [-0.2, 0) is 0 Å². The minimum absolute atomic E-state index is 0.0326. The zero-order chi connectivity index (χ0) is 13.3. The van der Waals surface area contributed by atoms with Gasteiger partial charge in [0.2, 0.25) is 5.82 Å². The van der Waals surface area contributed by atoms with Crippen molar-refractivity contribution in [1.29, 1.82) is 0 Å². The summed E-state index contributed by atoms with van der Waals surface area (Å²) >= 11 is 1.27. The van der Waals surface area contributed by atoms with E-state index in [-0.39, 0.29) is 18.2 Å². The molecule has 2 rings (SSSR count). The summed E-state index contributed by atoms with van der Waals surface area (Å²) in [6.07, 6.45) is 1.56. The van der Waals surface area contributed by atoms with E-state index in [1.165, 1.54) is 22.7 Å². The highest BCUT2D eigenvalue weighted by Gasteiger charge is 2.26. The Morgan fingerprint density at radius 1 is 1.72 bits per heavy atom. The topological polar surface area (TPSA) is 113 Å². The lowest BCUT2D eigenvalue weighted by Gasteiger charge is -2.20. The minimum atomic E-state index is -1.36. The number of aliphatic hydroxyl groups excluding tert-OH is 1. The maximum absolute atomic E-state index is 11.0. The van der Waals surface area contributed by atoms with Crippen molar-refractivity contribution < 1.29 is 15.1 Å². The molecule has 18 heavy (non-hydrogen) atoms. The first-order chi connectivity index (χ1) is 8.44. The summed E-state index contributed by atoms with van der Waals surface area (Å²) in [5.74, 6) is -0.0967. The molecule has 9 heteroatoms. The molecule has 0 aromatic carbocycles. The average molecular weight is 272 g/mol. The highest BCUT2D eigenvalue weighted by molar-refractivity contribution is 7.15. The van der Waals surface area contributed by atoms with Gasteiger partial charge in [-0.05, 0) is 11.8 Å². The van der Waals surface area contributed by atoms with E-state index in [0.29, 0.717) is 4.96 Å². The van der Waals surface area contributed by atoms with E-state index in [2.05, 4.69) is 10.3 Å². The highest BCUT2D eigenvalue weighted by Crippen LogP contribution is 2.28. The minimum Gasteiger partial charge on any atom is -0.393 e. The van der Waals surface area contributed by atoms with Gasteiger partial charge in [0.05, 0.1) is 6.61 Å². The van der Waals surface area contributed by atoms with Crippen molar-refractivity contribution in [3.05, 3.63) is 21.7 Å². The molecular formula is C9H12N4O4S. The molecule has 0 saturated heterocycles. The number of fused-ring (bicyclic) bond motifs is 1. The Kier molecular flexibility index (Phi) is 3.20. The van der Waals surface area contributed by atoms with Crippen molar-refractivity contribution in [2.24, 2.45) is 0 Å². The molecule has 98 valence electrons. The number of thiazole rings is 1. The quantitative estimate of drug-likeness (QED) is 0.538. The maximum Gasteiger partial charge on any atom is 0.372 e. The largest absolute Gasteiger partial charge is 0.393 e. The molecule has 2 heterocycles. The smallest absolute Gasteiger partial charge is 0.372 e. The third-order valence-corrected chi connectivity index (χ3v) is 3.14. The number of imidazole rings is 1. The molecule has 0 aliphatic carbocycles. The Balaban J connectivity index is 2.30.